The molecule has 2 fully saturated rings. The van der Waals surface area contributed by atoms with Crippen LogP contribution in [0.2, 0.25) is 0 Å². The normalized spacial score (nSPS) is 32.9. The van der Waals surface area contributed by atoms with E-state index in [0.717, 1.165) is 23.7 Å². The van der Waals surface area contributed by atoms with E-state index in [-0.39, 0.29) is 0 Å². The quantitative estimate of drug-likeness (QED) is 0.301. The summed E-state index contributed by atoms with van der Waals surface area (Å²) in [5.41, 5.74) is 10.5. The van der Waals surface area contributed by atoms with Crippen LogP contribution in [0.25, 0.3) is 11.1 Å². The summed E-state index contributed by atoms with van der Waals surface area (Å²) in [6.45, 7) is 7.30. The van der Waals surface area contributed by atoms with Gasteiger partial charge in [-0.25, -0.2) is 0 Å². The molecular formula is C34H36BrN. The van der Waals surface area contributed by atoms with Crippen molar-refractivity contribution in [3.63, 3.8) is 0 Å². The van der Waals surface area contributed by atoms with Crippen molar-refractivity contribution in [3.05, 3.63) is 101 Å². The number of nitrogens with zero attached hydrogens (tertiary/aromatic N) is 1. The second kappa shape index (κ2) is 8.62. The summed E-state index contributed by atoms with van der Waals surface area (Å²) in [6, 6.07) is 30.0. The molecule has 184 valence electrons. The molecule has 7 unspecified atom stereocenters. The molecular weight excluding hydrogens is 502 g/mol. The van der Waals surface area contributed by atoms with E-state index in [0.29, 0.717) is 22.7 Å². The summed E-state index contributed by atoms with van der Waals surface area (Å²) in [5.74, 6) is 4.23. The monoisotopic (exact) mass is 537 g/mol. The van der Waals surface area contributed by atoms with E-state index in [1.54, 1.807) is 16.7 Å². The lowest BCUT2D eigenvalue weighted by Gasteiger charge is -2.45. The molecule has 3 aliphatic carbocycles. The fourth-order valence-corrected chi connectivity index (χ4v) is 10.1. The van der Waals surface area contributed by atoms with Gasteiger partial charge in [0.1, 0.15) is 0 Å². The predicted octanol–water partition coefficient (Wildman–Crippen LogP) is 9.04. The summed E-state index contributed by atoms with van der Waals surface area (Å²) < 4.78 is 0. The smallest absolute Gasteiger partial charge is 0.0418 e. The topological polar surface area (TPSA) is 3.24 Å². The Kier molecular flexibility index (Phi) is 5.47. The molecule has 1 heterocycles. The minimum atomic E-state index is 0.533. The predicted molar refractivity (Wildman–Crippen MR) is 154 cm³/mol. The number of rotatable bonds is 3. The SMILES string of the molecule is CC1=C(C)N(c2ccccc2)C2CC3C(CC4c5ccccc5-c5ccccc54)C(C)CC3C(Br)C12. The van der Waals surface area contributed by atoms with Gasteiger partial charge >= 0.3 is 0 Å². The van der Waals surface area contributed by atoms with Crippen LogP contribution in [0, 0.1) is 29.6 Å². The van der Waals surface area contributed by atoms with E-state index in [4.69, 9.17) is 0 Å². The number of benzene rings is 3. The Morgan fingerprint density at radius 2 is 1.39 bits per heavy atom. The maximum atomic E-state index is 4.33. The van der Waals surface area contributed by atoms with E-state index in [9.17, 15) is 0 Å². The summed E-state index contributed by atoms with van der Waals surface area (Å²) >= 11 is 4.33. The van der Waals surface area contributed by atoms with Crippen LogP contribution < -0.4 is 4.90 Å². The first-order chi connectivity index (χ1) is 17.5. The molecule has 1 nitrogen and oxygen atoms in total. The fourth-order valence-electron chi connectivity index (χ4n) is 8.78. The van der Waals surface area contributed by atoms with Gasteiger partial charge in [-0.15, -0.1) is 0 Å². The summed E-state index contributed by atoms with van der Waals surface area (Å²) in [6.07, 6.45) is 3.96. The molecule has 0 N–H and O–H groups in total. The highest BCUT2D eigenvalue weighted by atomic mass is 79.9. The molecule has 36 heavy (non-hydrogen) atoms. The maximum Gasteiger partial charge on any atom is 0.0418 e. The first kappa shape index (κ1) is 22.8. The van der Waals surface area contributed by atoms with Gasteiger partial charge in [-0.2, -0.15) is 0 Å². The number of alkyl halides is 1. The standard InChI is InChI=1S/C34H36BrN/c1-20-17-31-30(19-32-33(34(31)35)21(2)22(3)36(32)23-11-5-4-6-12-23)28(20)18-29-26-15-9-7-13-24(26)25-14-8-10-16-27(25)29/h4-16,20,28-34H,17-19H2,1-3H3. The van der Waals surface area contributed by atoms with E-state index in [1.165, 1.54) is 41.8 Å². The minimum Gasteiger partial charge on any atom is -0.342 e. The third-order valence-electron chi connectivity index (χ3n) is 10.4. The third kappa shape index (κ3) is 3.26. The Morgan fingerprint density at radius 1 is 0.778 bits per heavy atom. The average molecular weight is 539 g/mol. The third-order valence-corrected chi connectivity index (χ3v) is 11.7. The van der Waals surface area contributed by atoms with Gasteiger partial charge in [0.2, 0.25) is 0 Å². The first-order valence-electron chi connectivity index (χ1n) is 13.9. The molecule has 0 saturated heterocycles. The zero-order valence-electron chi connectivity index (χ0n) is 21.6. The highest BCUT2D eigenvalue weighted by molar-refractivity contribution is 9.09. The van der Waals surface area contributed by atoms with Crippen molar-refractivity contribution < 1.29 is 0 Å². The maximum absolute atomic E-state index is 4.33. The fraction of sp³-hybridized carbons (Fsp3) is 0.412. The number of allylic oxidation sites excluding steroid dienone is 1. The second-order valence-corrected chi connectivity index (χ2v) is 13.0. The molecule has 0 aromatic heterocycles. The van der Waals surface area contributed by atoms with Crippen LogP contribution in [0.3, 0.4) is 0 Å². The Balaban J connectivity index is 1.23. The molecule has 7 rings (SSSR count). The summed E-state index contributed by atoms with van der Waals surface area (Å²) in [4.78, 5) is 3.26. The molecule has 0 bridgehead atoms. The van der Waals surface area contributed by atoms with Crippen LogP contribution >= 0.6 is 15.9 Å². The molecule has 1 aliphatic heterocycles. The highest BCUT2D eigenvalue weighted by Crippen LogP contribution is 2.60. The lowest BCUT2D eigenvalue weighted by atomic mass is 9.67. The zero-order chi connectivity index (χ0) is 24.6. The zero-order valence-corrected chi connectivity index (χ0v) is 23.2. The Hall–Kier alpha value is -2.32. The van der Waals surface area contributed by atoms with E-state index < -0.39 is 0 Å². The van der Waals surface area contributed by atoms with Crippen LogP contribution in [0.15, 0.2) is 90.1 Å². The number of halogens is 1. The van der Waals surface area contributed by atoms with Crippen LogP contribution in [0.4, 0.5) is 5.69 Å². The first-order valence-corrected chi connectivity index (χ1v) is 14.8. The van der Waals surface area contributed by atoms with Gasteiger partial charge in [0.05, 0.1) is 0 Å². The summed E-state index contributed by atoms with van der Waals surface area (Å²) in [5, 5.41) is 0. The van der Waals surface area contributed by atoms with Crippen molar-refractivity contribution in [1.29, 1.82) is 0 Å². The minimum absolute atomic E-state index is 0.533. The van der Waals surface area contributed by atoms with Gasteiger partial charge in [-0.1, -0.05) is 89.6 Å². The van der Waals surface area contributed by atoms with E-state index in [1.807, 2.05) is 0 Å². The molecule has 2 heteroatoms. The van der Waals surface area contributed by atoms with Crippen molar-refractivity contribution in [2.45, 2.75) is 56.8 Å². The molecule has 7 atom stereocenters. The van der Waals surface area contributed by atoms with Gasteiger partial charge < -0.3 is 4.90 Å². The van der Waals surface area contributed by atoms with Crippen LogP contribution in [-0.4, -0.2) is 10.9 Å². The largest absolute Gasteiger partial charge is 0.342 e. The average Bonchev–Trinajstić information content (AvgIpc) is 3.49. The van der Waals surface area contributed by atoms with Crippen molar-refractivity contribution >= 4 is 21.6 Å². The van der Waals surface area contributed by atoms with Gasteiger partial charge in [0.15, 0.2) is 0 Å². The molecule has 0 radical (unpaired) electrons. The van der Waals surface area contributed by atoms with Crippen LogP contribution in [0.5, 0.6) is 0 Å². The number of hydrogen-bond donors (Lipinski definition) is 0. The molecule has 3 aromatic rings. The lowest BCUT2D eigenvalue weighted by Crippen LogP contribution is -2.47. The van der Waals surface area contributed by atoms with Crippen LogP contribution in [0.1, 0.15) is 57.1 Å². The number of hydrogen-bond acceptors (Lipinski definition) is 1. The Labute approximate surface area is 224 Å². The molecule has 4 aliphatic rings. The van der Waals surface area contributed by atoms with Crippen molar-refractivity contribution in [2.75, 3.05) is 4.90 Å². The van der Waals surface area contributed by atoms with Crippen molar-refractivity contribution in [2.24, 2.45) is 29.6 Å². The molecule has 2 saturated carbocycles. The summed E-state index contributed by atoms with van der Waals surface area (Å²) in [7, 11) is 0. The van der Waals surface area contributed by atoms with E-state index >= 15 is 0 Å². The Bertz CT molecular complexity index is 1280. The van der Waals surface area contributed by atoms with Gasteiger partial charge in [-0.05, 0) is 96.7 Å². The number of anilines is 1. The lowest BCUT2D eigenvalue weighted by molar-refractivity contribution is 0.173. The van der Waals surface area contributed by atoms with Crippen molar-refractivity contribution in [1.82, 2.24) is 0 Å². The van der Waals surface area contributed by atoms with Gasteiger partial charge in [0, 0.05) is 34.1 Å². The Morgan fingerprint density at radius 3 is 2.06 bits per heavy atom. The number of para-hydroxylation sites is 1. The van der Waals surface area contributed by atoms with Crippen LogP contribution in [-0.2, 0) is 0 Å². The molecule has 0 amide bonds. The van der Waals surface area contributed by atoms with Crippen molar-refractivity contribution in [3.8, 4) is 11.1 Å². The van der Waals surface area contributed by atoms with Gasteiger partial charge in [0.25, 0.3) is 0 Å². The van der Waals surface area contributed by atoms with E-state index in [2.05, 4.69) is 120 Å². The number of fused-ring (bicyclic) bond motifs is 5. The van der Waals surface area contributed by atoms with Gasteiger partial charge in [-0.3, -0.25) is 0 Å². The second-order valence-electron chi connectivity index (χ2n) is 11.9. The molecule has 0 spiro atoms. The molecule has 3 aromatic carbocycles. The highest BCUT2D eigenvalue weighted by Gasteiger charge is 2.56.